The Kier molecular flexibility index (Phi) is 3.81. The Morgan fingerprint density at radius 1 is 1.24 bits per heavy atom. The molecule has 2 heterocycles. The molecule has 0 unspecified atom stereocenters. The van der Waals surface area contributed by atoms with E-state index >= 15 is 0 Å². The first-order valence-corrected chi connectivity index (χ1v) is 7.14. The number of benzene rings is 1. The fraction of sp³-hybridized carbons (Fsp3) is 0. The molecule has 21 heavy (non-hydrogen) atoms. The molecule has 0 saturated heterocycles. The summed E-state index contributed by atoms with van der Waals surface area (Å²) in [5.41, 5.74) is 1.22. The minimum Gasteiger partial charge on any atom is -0.333 e. The van der Waals surface area contributed by atoms with Crippen molar-refractivity contribution >= 4 is 34.0 Å². The number of halogens is 3. The first-order chi connectivity index (χ1) is 10.1. The van der Waals surface area contributed by atoms with E-state index in [0.29, 0.717) is 11.4 Å². The van der Waals surface area contributed by atoms with Crippen molar-refractivity contribution < 1.29 is 13.3 Å². The molecule has 0 atom stereocenters. The summed E-state index contributed by atoms with van der Waals surface area (Å²) in [6.07, 6.45) is 1.43. The molecule has 0 radical (unpaired) electrons. The molecular weight excluding hydrogens is 318 g/mol. The standard InChI is InChI=1S/C14H7ClF2N2OS/c15-10(5-8-1-2-11(16)12(17)6-8)14-18-13(19-20-14)9-3-4-21-7-9/h1-7H/b10-5-. The van der Waals surface area contributed by atoms with Gasteiger partial charge in [0.2, 0.25) is 5.82 Å². The molecule has 0 saturated carbocycles. The van der Waals surface area contributed by atoms with Crippen molar-refractivity contribution in [1.29, 1.82) is 0 Å². The molecular formula is C14H7ClF2N2OS. The molecule has 3 aromatic rings. The molecule has 0 N–H and O–H groups in total. The van der Waals surface area contributed by atoms with E-state index in [4.69, 9.17) is 16.1 Å². The van der Waals surface area contributed by atoms with Gasteiger partial charge in [0.1, 0.15) is 5.03 Å². The summed E-state index contributed by atoms with van der Waals surface area (Å²) in [5.74, 6) is -1.33. The van der Waals surface area contributed by atoms with Gasteiger partial charge < -0.3 is 4.52 Å². The molecule has 0 amide bonds. The summed E-state index contributed by atoms with van der Waals surface area (Å²) in [6, 6.07) is 5.31. The van der Waals surface area contributed by atoms with Crippen LogP contribution in [0.4, 0.5) is 8.78 Å². The number of hydrogen-bond acceptors (Lipinski definition) is 4. The molecule has 3 nitrogen and oxygen atoms in total. The zero-order valence-corrected chi connectivity index (χ0v) is 12.0. The van der Waals surface area contributed by atoms with Crippen molar-refractivity contribution in [3.8, 4) is 11.4 Å². The molecule has 7 heteroatoms. The van der Waals surface area contributed by atoms with Crippen LogP contribution < -0.4 is 0 Å². The van der Waals surface area contributed by atoms with Gasteiger partial charge in [-0.15, -0.1) is 0 Å². The minimum absolute atomic E-state index is 0.114. The van der Waals surface area contributed by atoms with Crippen molar-refractivity contribution in [2.45, 2.75) is 0 Å². The Labute approximate surface area is 127 Å². The number of rotatable bonds is 3. The molecule has 0 aliphatic rings. The van der Waals surface area contributed by atoms with Crippen molar-refractivity contribution in [3.63, 3.8) is 0 Å². The molecule has 0 spiro atoms. The van der Waals surface area contributed by atoms with Crippen LogP contribution in [0.1, 0.15) is 11.5 Å². The van der Waals surface area contributed by atoms with Crippen LogP contribution in [-0.2, 0) is 0 Å². The van der Waals surface area contributed by atoms with E-state index in [0.717, 1.165) is 17.7 Å². The van der Waals surface area contributed by atoms with Crippen LogP contribution in [-0.4, -0.2) is 10.1 Å². The van der Waals surface area contributed by atoms with E-state index in [-0.39, 0.29) is 10.9 Å². The van der Waals surface area contributed by atoms with Crippen molar-refractivity contribution in [2.24, 2.45) is 0 Å². The quantitative estimate of drug-likeness (QED) is 0.693. The highest BCUT2D eigenvalue weighted by atomic mass is 35.5. The molecule has 0 fully saturated rings. The van der Waals surface area contributed by atoms with Gasteiger partial charge in [-0.05, 0) is 35.2 Å². The summed E-state index contributed by atoms with van der Waals surface area (Å²) in [4.78, 5) is 4.15. The topological polar surface area (TPSA) is 38.9 Å². The largest absolute Gasteiger partial charge is 0.333 e. The summed E-state index contributed by atoms with van der Waals surface area (Å²) >= 11 is 7.57. The molecule has 2 aromatic heterocycles. The second-order valence-corrected chi connectivity index (χ2v) is 5.29. The Balaban J connectivity index is 1.89. The zero-order chi connectivity index (χ0) is 14.8. The summed E-state index contributed by atoms with van der Waals surface area (Å²) in [7, 11) is 0. The SMILES string of the molecule is Fc1ccc(/C=C(\Cl)c2nc(-c3ccsc3)no2)cc1F. The molecule has 3 rings (SSSR count). The third-order valence-electron chi connectivity index (χ3n) is 2.65. The highest BCUT2D eigenvalue weighted by Gasteiger charge is 2.12. The lowest BCUT2D eigenvalue weighted by atomic mass is 10.2. The zero-order valence-electron chi connectivity index (χ0n) is 10.4. The lowest BCUT2D eigenvalue weighted by Crippen LogP contribution is -1.85. The van der Waals surface area contributed by atoms with E-state index in [1.165, 1.54) is 23.5 Å². The molecule has 1 aromatic carbocycles. The average molecular weight is 325 g/mol. The second kappa shape index (κ2) is 5.75. The molecule has 0 aliphatic carbocycles. The maximum absolute atomic E-state index is 13.1. The number of hydrogen-bond donors (Lipinski definition) is 0. The Morgan fingerprint density at radius 3 is 2.81 bits per heavy atom. The van der Waals surface area contributed by atoms with Crippen molar-refractivity contribution in [2.75, 3.05) is 0 Å². The van der Waals surface area contributed by atoms with Crippen LogP contribution >= 0.6 is 22.9 Å². The van der Waals surface area contributed by atoms with Crippen molar-refractivity contribution in [1.82, 2.24) is 10.1 Å². The predicted octanol–water partition coefficient (Wildman–Crippen LogP) is 4.81. The minimum atomic E-state index is -0.947. The van der Waals surface area contributed by atoms with Gasteiger partial charge in [-0.3, -0.25) is 0 Å². The average Bonchev–Trinajstić information content (AvgIpc) is 3.12. The Bertz CT molecular complexity index is 799. The Morgan fingerprint density at radius 2 is 2.10 bits per heavy atom. The van der Waals surface area contributed by atoms with Crippen LogP contribution in [0, 0.1) is 11.6 Å². The van der Waals surface area contributed by atoms with Gasteiger partial charge in [0.05, 0.1) is 0 Å². The number of aromatic nitrogens is 2. The van der Waals surface area contributed by atoms with E-state index in [1.54, 1.807) is 0 Å². The highest BCUT2D eigenvalue weighted by Crippen LogP contribution is 2.25. The van der Waals surface area contributed by atoms with Gasteiger partial charge in [-0.25, -0.2) is 8.78 Å². The lowest BCUT2D eigenvalue weighted by Gasteiger charge is -1.96. The third-order valence-corrected chi connectivity index (χ3v) is 3.60. The van der Waals surface area contributed by atoms with Crippen LogP contribution in [0.3, 0.4) is 0 Å². The van der Waals surface area contributed by atoms with Crippen LogP contribution in [0.25, 0.3) is 22.5 Å². The van der Waals surface area contributed by atoms with Crippen LogP contribution in [0.2, 0.25) is 0 Å². The normalized spacial score (nSPS) is 11.9. The maximum Gasteiger partial charge on any atom is 0.269 e. The van der Waals surface area contributed by atoms with Crippen molar-refractivity contribution in [3.05, 3.63) is 58.1 Å². The fourth-order valence-electron chi connectivity index (χ4n) is 1.64. The second-order valence-electron chi connectivity index (χ2n) is 4.10. The van der Waals surface area contributed by atoms with E-state index in [9.17, 15) is 8.78 Å². The third kappa shape index (κ3) is 3.01. The van der Waals surface area contributed by atoms with Crippen LogP contribution in [0.15, 0.2) is 39.5 Å². The molecule has 106 valence electrons. The number of thiophene rings is 1. The smallest absolute Gasteiger partial charge is 0.269 e. The Hall–Kier alpha value is -2.05. The summed E-state index contributed by atoms with van der Waals surface area (Å²) < 4.78 is 31.0. The monoisotopic (exact) mass is 324 g/mol. The first-order valence-electron chi connectivity index (χ1n) is 5.82. The first kappa shape index (κ1) is 13.9. The van der Waals surface area contributed by atoms with E-state index in [1.807, 2.05) is 16.8 Å². The fourth-order valence-corrected chi connectivity index (χ4v) is 2.48. The van der Waals surface area contributed by atoms with Gasteiger partial charge in [0.25, 0.3) is 5.89 Å². The summed E-state index contributed by atoms with van der Waals surface area (Å²) in [5, 5.41) is 7.73. The maximum atomic E-state index is 13.1. The highest BCUT2D eigenvalue weighted by molar-refractivity contribution is 7.08. The van der Waals surface area contributed by atoms with Gasteiger partial charge >= 0.3 is 0 Å². The molecule has 0 aliphatic heterocycles. The van der Waals surface area contributed by atoms with E-state index in [2.05, 4.69) is 10.1 Å². The van der Waals surface area contributed by atoms with Gasteiger partial charge in [-0.1, -0.05) is 22.8 Å². The predicted molar refractivity (Wildman–Crippen MR) is 77.7 cm³/mol. The number of nitrogens with zero attached hydrogens (tertiary/aromatic N) is 2. The van der Waals surface area contributed by atoms with Crippen LogP contribution in [0.5, 0.6) is 0 Å². The van der Waals surface area contributed by atoms with E-state index < -0.39 is 11.6 Å². The summed E-state index contributed by atoms with van der Waals surface area (Å²) in [6.45, 7) is 0. The van der Waals surface area contributed by atoms with Gasteiger partial charge in [-0.2, -0.15) is 16.3 Å². The lowest BCUT2D eigenvalue weighted by molar-refractivity contribution is 0.410. The van der Waals surface area contributed by atoms with Gasteiger partial charge in [0, 0.05) is 10.9 Å². The molecule has 0 bridgehead atoms. The van der Waals surface area contributed by atoms with Gasteiger partial charge in [0.15, 0.2) is 11.6 Å².